The molecule has 4 nitrogen and oxygen atoms in total. The van der Waals surface area contributed by atoms with E-state index in [2.05, 4.69) is 21.9 Å². The minimum Gasteiger partial charge on any atom is -0.369 e. The molecule has 0 spiro atoms. The SMILES string of the molecule is CC#CCOCCN=[N+]=[N-]. The van der Waals surface area contributed by atoms with Crippen molar-refractivity contribution in [2.24, 2.45) is 5.11 Å². The van der Waals surface area contributed by atoms with Crippen LogP contribution in [0.2, 0.25) is 0 Å². The van der Waals surface area contributed by atoms with E-state index >= 15 is 0 Å². The van der Waals surface area contributed by atoms with Gasteiger partial charge in [0.15, 0.2) is 0 Å². The Balaban J connectivity index is 3.02. The summed E-state index contributed by atoms with van der Waals surface area (Å²) in [6.45, 7) is 2.98. The highest BCUT2D eigenvalue weighted by atomic mass is 16.5. The number of azide groups is 1. The average molecular weight is 139 g/mol. The van der Waals surface area contributed by atoms with Crippen LogP contribution in [0.1, 0.15) is 6.92 Å². The first kappa shape index (κ1) is 8.83. The lowest BCUT2D eigenvalue weighted by molar-refractivity contribution is 0.175. The Morgan fingerprint density at radius 1 is 1.70 bits per heavy atom. The molecule has 0 aromatic rings. The summed E-state index contributed by atoms with van der Waals surface area (Å²) in [7, 11) is 0. The van der Waals surface area contributed by atoms with Crippen LogP contribution in [0.4, 0.5) is 0 Å². The van der Waals surface area contributed by atoms with E-state index in [1.165, 1.54) is 0 Å². The second-order valence-electron chi connectivity index (χ2n) is 1.43. The highest BCUT2D eigenvalue weighted by Crippen LogP contribution is 1.75. The Kier molecular flexibility index (Phi) is 6.91. The van der Waals surface area contributed by atoms with Crippen LogP contribution in [-0.4, -0.2) is 19.8 Å². The van der Waals surface area contributed by atoms with E-state index in [9.17, 15) is 0 Å². The summed E-state index contributed by atoms with van der Waals surface area (Å²) in [5, 5.41) is 3.28. The van der Waals surface area contributed by atoms with Gasteiger partial charge in [0, 0.05) is 11.5 Å². The van der Waals surface area contributed by atoms with Crippen molar-refractivity contribution in [2.75, 3.05) is 19.8 Å². The fourth-order valence-electron chi connectivity index (χ4n) is 0.345. The van der Waals surface area contributed by atoms with Crippen molar-refractivity contribution >= 4 is 0 Å². The zero-order chi connectivity index (χ0) is 7.66. The molecule has 0 rings (SSSR count). The molecule has 0 saturated carbocycles. The first-order valence-corrected chi connectivity index (χ1v) is 2.90. The first-order valence-electron chi connectivity index (χ1n) is 2.90. The van der Waals surface area contributed by atoms with Gasteiger partial charge in [0.25, 0.3) is 0 Å². The van der Waals surface area contributed by atoms with Crippen molar-refractivity contribution in [3.63, 3.8) is 0 Å². The standard InChI is InChI=1S/C6H9N3O/c1-2-3-5-10-6-4-8-9-7/h4-6H2,1H3. The molecule has 0 unspecified atom stereocenters. The predicted octanol–water partition coefficient (Wildman–Crippen LogP) is 1.34. The highest BCUT2D eigenvalue weighted by molar-refractivity contribution is 4.94. The number of ether oxygens (including phenoxy) is 1. The summed E-state index contributed by atoms with van der Waals surface area (Å²) >= 11 is 0. The maximum absolute atomic E-state index is 7.84. The molecule has 4 heteroatoms. The topological polar surface area (TPSA) is 58.0 Å². The molecule has 0 heterocycles. The Labute approximate surface area is 59.8 Å². The average Bonchev–Trinajstić information content (AvgIpc) is 1.97. The van der Waals surface area contributed by atoms with Crippen molar-refractivity contribution in [3.05, 3.63) is 10.4 Å². The Hall–Kier alpha value is -1.17. The number of hydrogen-bond donors (Lipinski definition) is 0. The highest BCUT2D eigenvalue weighted by Gasteiger charge is 1.79. The second-order valence-corrected chi connectivity index (χ2v) is 1.43. The normalized spacial score (nSPS) is 7.30. The molecule has 0 radical (unpaired) electrons. The molecule has 54 valence electrons. The predicted molar refractivity (Wildman–Crippen MR) is 38.3 cm³/mol. The second kappa shape index (κ2) is 7.83. The van der Waals surface area contributed by atoms with Gasteiger partial charge >= 0.3 is 0 Å². The van der Waals surface area contributed by atoms with Gasteiger partial charge in [0.2, 0.25) is 0 Å². The van der Waals surface area contributed by atoms with Gasteiger partial charge in [-0.15, -0.1) is 5.92 Å². The molecule has 10 heavy (non-hydrogen) atoms. The molecule has 0 aromatic carbocycles. The number of hydrogen-bond acceptors (Lipinski definition) is 2. The smallest absolute Gasteiger partial charge is 0.107 e. The van der Waals surface area contributed by atoms with E-state index in [1.807, 2.05) is 0 Å². The molecule has 0 bridgehead atoms. The van der Waals surface area contributed by atoms with Gasteiger partial charge in [-0.2, -0.15) is 0 Å². The molecular formula is C6H9N3O. The number of nitrogens with zero attached hydrogens (tertiary/aromatic N) is 3. The van der Waals surface area contributed by atoms with Crippen LogP contribution in [0.25, 0.3) is 10.4 Å². The quantitative estimate of drug-likeness (QED) is 0.190. The van der Waals surface area contributed by atoms with Crippen molar-refractivity contribution in [1.82, 2.24) is 0 Å². The minimum atomic E-state index is 0.377. The van der Waals surface area contributed by atoms with E-state index < -0.39 is 0 Å². The van der Waals surface area contributed by atoms with Crippen molar-refractivity contribution in [2.45, 2.75) is 6.92 Å². The van der Waals surface area contributed by atoms with Gasteiger partial charge in [-0.25, -0.2) is 0 Å². The van der Waals surface area contributed by atoms with E-state index in [0.29, 0.717) is 19.8 Å². The van der Waals surface area contributed by atoms with Gasteiger partial charge in [-0.3, -0.25) is 0 Å². The Morgan fingerprint density at radius 3 is 3.10 bits per heavy atom. The lowest BCUT2D eigenvalue weighted by Crippen LogP contribution is -1.96. The molecule has 0 aliphatic rings. The monoisotopic (exact) mass is 139 g/mol. The lowest BCUT2D eigenvalue weighted by atomic mass is 10.6. The molecule has 0 aliphatic heterocycles. The van der Waals surface area contributed by atoms with E-state index in [4.69, 9.17) is 10.3 Å². The Bertz CT molecular complexity index is 173. The minimum absolute atomic E-state index is 0.377. The summed E-state index contributed by atoms with van der Waals surface area (Å²) in [6, 6.07) is 0. The first-order chi connectivity index (χ1) is 4.91. The third-order valence-electron chi connectivity index (χ3n) is 0.750. The van der Waals surface area contributed by atoms with Crippen molar-refractivity contribution < 1.29 is 4.74 Å². The van der Waals surface area contributed by atoms with Crippen LogP contribution in [-0.2, 0) is 4.74 Å². The molecule has 0 amide bonds. The van der Waals surface area contributed by atoms with Crippen LogP contribution < -0.4 is 0 Å². The van der Waals surface area contributed by atoms with Crippen LogP contribution in [0.5, 0.6) is 0 Å². The maximum atomic E-state index is 7.84. The fraction of sp³-hybridized carbons (Fsp3) is 0.667. The zero-order valence-electron chi connectivity index (χ0n) is 5.87. The molecule has 0 aromatic heterocycles. The molecule has 0 aliphatic carbocycles. The van der Waals surface area contributed by atoms with Gasteiger partial charge in [-0.05, 0) is 12.5 Å². The summed E-state index contributed by atoms with van der Waals surface area (Å²) in [6.07, 6.45) is 0. The third-order valence-corrected chi connectivity index (χ3v) is 0.750. The Morgan fingerprint density at radius 2 is 2.50 bits per heavy atom. The van der Waals surface area contributed by atoms with E-state index in [1.54, 1.807) is 6.92 Å². The van der Waals surface area contributed by atoms with Crippen molar-refractivity contribution in [3.8, 4) is 11.8 Å². The third kappa shape index (κ3) is 6.83. The largest absolute Gasteiger partial charge is 0.369 e. The molecule has 0 atom stereocenters. The maximum Gasteiger partial charge on any atom is 0.107 e. The molecule has 0 N–H and O–H groups in total. The zero-order valence-corrected chi connectivity index (χ0v) is 5.87. The molecular weight excluding hydrogens is 130 g/mol. The molecule has 0 saturated heterocycles. The van der Waals surface area contributed by atoms with Gasteiger partial charge < -0.3 is 4.74 Å². The summed E-state index contributed by atoms with van der Waals surface area (Å²) < 4.78 is 4.94. The fourth-order valence-corrected chi connectivity index (χ4v) is 0.345. The summed E-state index contributed by atoms with van der Waals surface area (Å²) in [5.41, 5.74) is 7.84. The summed E-state index contributed by atoms with van der Waals surface area (Å²) in [5.74, 6) is 5.40. The van der Waals surface area contributed by atoms with Crippen LogP contribution in [0.3, 0.4) is 0 Å². The van der Waals surface area contributed by atoms with Crippen LogP contribution in [0.15, 0.2) is 5.11 Å². The van der Waals surface area contributed by atoms with E-state index in [0.717, 1.165) is 0 Å². The van der Waals surface area contributed by atoms with Crippen molar-refractivity contribution in [1.29, 1.82) is 0 Å². The summed E-state index contributed by atoms with van der Waals surface area (Å²) in [4.78, 5) is 2.56. The van der Waals surface area contributed by atoms with Gasteiger partial charge in [0.05, 0.1) is 6.61 Å². The van der Waals surface area contributed by atoms with E-state index in [-0.39, 0.29) is 0 Å². The van der Waals surface area contributed by atoms with Crippen LogP contribution >= 0.6 is 0 Å². The van der Waals surface area contributed by atoms with Gasteiger partial charge in [0.1, 0.15) is 6.61 Å². The lowest BCUT2D eigenvalue weighted by Gasteiger charge is -1.92. The van der Waals surface area contributed by atoms with Gasteiger partial charge in [-0.1, -0.05) is 11.0 Å². The number of rotatable bonds is 4. The van der Waals surface area contributed by atoms with Crippen LogP contribution in [0, 0.1) is 11.8 Å². The molecule has 0 fully saturated rings.